The molecule has 31 heavy (non-hydrogen) atoms. The molecule has 9 nitrogen and oxygen atoms in total. The van der Waals surface area contributed by atoms with E-state index >= 15 is 0 Å². The molecule has 0 fully saturated rings. The van der Waals surface area contributed by atoms with E-state index in [0.29, 0.717) is 34.3 Å². The first-order valence-electron chi connectivity index (χ1n) is 9.59. The number of methoxy groups -OCH3 is 3. The third kappa shape index (κ3) is 5.30. The van der Waals surface area contributed by atoms with Crippen LogP contribution in [0, 0.1) is 0 Å². The van der Waals surface area contributed by atoms with Gasteiger partial charge in [-0.2, -0.15) is 0 Å². The molecule has 1 N–H and O–H groups in total. The highest BCUT2D eigenvalue weighted by atomic mass is 16.7. The Balaban J connectivity index is 1.54. The van der Waals surface area contributed by atoms with Crippen LogP contribution in [0.15, 0.2) is 30.3 Å². The van der Waals surface area contributed by atoms with Crippen LogP contribution in [-0.2, 0) is 27.3 Å². The first-order chi connectivity index (χ1) is 14.9. The summed E-state index contributed by atoms with van der Waals surface area (Å²) in [6.07, 6.45) is -1.01. The summed E-state index contributed by atoms with van der Waals surface area (Å²) >= 11 is 0. The molecule has 166 valence electrons. The minimum absolute atomic E-state index is 0.0590. The van der Waals surface area contributed by atoms with Gasteiger partial charge in [-0.1, -0.05) is 6.07 Å². The van der Waals surface area contributed by atoms with Crippen LogP contribution in [0.5, 0.6) is 28.7 Å². The lowest BCUT2D eigenvalue weighted by Crippen LogP contribution is -2.35. The molecule has 1 aliphatic rings. The van der Waals surface area contributed by atoms with E-state index in [9.17, 15) is 9.59 Å². The SMILES string of the molecule is COc1cc(CC(=O)OC(C)C(=O)NCc2ccc3c(c2)OCO3)cc(OC)c1OC. The van der Waals surface area contributed by atoms with Crippen molar-refractivity contribution in [3.05, 3.63) is 41.5 Å². The highest BCUT2D eigenvalue weighted by molar-refractivity contribution is 5.84. The Labute approximate surface area is 180 Å². The second-order valence-electron chi connectivity index (χ2n) is 6.75. The summed E-state index contributed by atoms with van der Waals surface area (Å²) in [5.74, 6) is 1.63. The monoisotopic (exact) mass is 431 g/mol. The number of esters is 1. The van der Waals surface area contributed by atoms with E-state index in [4.69, 9.17) is 28.4 Å². The van der Waals surface area contributed by atoms with Gasteiger partial charge in [0.1, 0.15) is 0 Å². The largest absolute Gasteiger partial charge is 0.493 e. The molecular weight excluding hydrogens is 406 g/mol. The van der Waals surface area contributed by atoms with Gasteiger partial charge in [0.05, 0.1) is 27.8 Å². The van der Waals surface area contributed by atoms with Crippen LogP contribution in [0.1, 0.15) is 18.1 Å². The van der Waals surface area contributed by atoms with Crippen molar-refractivity contribution in [2.24, 2.45) is 0 Å². The number of carbonyl (C=O) groups excluding carboxylic acids is 2. The van der Waals surface area contributed by atoms with Crippen molar-refractivity contribution in [1.82, 2.24) is 5.32 Å². The quantitative estimate of drug-likeness (QED) is 0.603. The first-order valence-corrected chi connectivity index (χ1v) is 9.59. The average molecular weight is 431 g/mol. The number of benzene rings is 2. The molecule has 1 atom stereocenters. The van der Waals surface area contributed by atoms with Crippen LogP contribution in [0.25, 0.3) is 0 Å². The fraction of sp³-hybridized carbons (Fsp3) is 0.364. The van der Waals surface area contributed by atoms with Gasteiger partial charge in [0.15, 0.2) is 29.1 Å². The van der Waals surface area contributed by atoms with E-state index in [2.05, 4.69) is 5.32 Å². The zero-order valence-electron chi connectivity index (χ0n) is 17.9. The van der Waals surface area contributed by atoms with Crippen molar-refractivity contribution < 1.29 is 38.0 Å². The summed E-state index contributed by atoms with van der Waals surface area (Å²) in [4.78, 5) is 24.7. The molecule has 0 radical (unpaired) electrons. The van der Waals surface area contributed by atoms with E-state index in [-0.39, 0.29) is 19.8 Å². The third-order valence-corrected chi connectivity index (χ3v) is 4.65. The zero-order chi connectivity index (χ0) is 22.4. The highest BCUT2D eigenvalue weighted by Crippen LogP contribution is 2.38. The average Bonchev–Trinajstić information content (AvgIpc) is 3.24. The predicted octanol–water partition coefficient (Wildman–Crippen LogP) is 2.23. The standard InChI is InChI=1S/C22H25NO8/c1-13(22(25)23-11-14-5-6-16-17(7-14)30-12-29-16)31-20(24)10-15-8-18(26-2)21(28-4)19(9-15)27-3/h5-9,13H,10-12H2,1-4H3,(H,23,25). The lowest BCUT2D eigenvalue weighted by molar-refractivity contribution is -0.154. The van der Waals surface area contributed by atoms with Crippen molar-refractivity contribution in [2.75, 3.05) is 28.1 Å². The number of fused-ring (bicyclic) bond motifs is 1. The van der Waals surface area contributed by atoms with Crippen molar-refractivity contribution in [3.8, 4) is 28.7 Å². The molecule has 2 aromatic carbocycles. The first kappa shape index (κ1) is 22.1. The van der Waals surface area contributed by atoms with E-state index in [1.165, 1.54) is 28.3 Å². The Kier molecular flexibility index (Phi) is 7.07. The molecule has 0 saturated carbocycles. The van der Waals surface area contributed by atoms with Crippen molar-refractivity contribution in [2.45, 2.75) is 26.0 Å². The van der Waals surface area contributed by atoms with Crippen molar-refractivity contribution in [1.29, 1.82) is 0 Å². The van der Waals surface area contributed by atoms with Gasteiger partial charge >= 0.3 is 5.97 Å². The molecule has 0 bridgehead atoms. The number of nitrogens with one attached hydrogen (secondary N) is 1. The summed E-state index contributed by atoms with van der Waals surface area (Å²) in [5.41, 5.74) is 1.45. The molecule has 3 rings (SSSR count). The summed E-state index contributed by atoms with van der Waals surface area (Å²) < 4.78 is 31.7. The third-order valence-electron chi connectivity index (χ3n) is 4.65. The van der Waals surface area contributed by atoms with Gasteiger partial charge < -0.3 is 33.7 Å². The van der Waals surface area contributed by atoms with Gasteiger partial charge in [0.2, 0.25) is 12.5 Å². The maximum atomic E-state index is 12.3. The van der Waals surface area contributed by atoms with Crippen LogP contribution >= 0.6 is 0 Å². The zero-order valence-corrected chi connectivity index (χ0v) is 17.9. The topological polar surface area (TPSA) is 102 Å². The lowest BCUT2D eigenvalue weighted by Gasteiger charge is -2.16. The molecule has 0 spiro atoms. The van der Waals surface area contributed by atoms with Gasteiger partial charge in [0.25, 0.3) is 5.91 Å². The maximum absolute atomic E-state index is 12.3. The van der Waals surface area contributed by atoms with Crippen LogP contribution in [0.3, 0.4) is 0 Å². The van der Waals surface area contributed by atoms with Crippen molar-refractivity contribution >= 4 is 11.9 Å². The van der Waals surface area contributed by atoms with Gasteiger partial charge in [-0.25, -0.2) is 0 Å². The molecule has 2 aromatic rings. The minimum atomic E-state index is -0.955. The highest BCUT2D eigenvalue weighted by Gasteiger charge is 2.20. The van der Waals surface area contributed by atoms with Gasteiger partial charge in [0, 0.05) is 6.54 Å². The van der Waals surface area contributed by atoms with Crippen LogP contribution in [0.2, 0.25) is 0 Å². The summed E-state index contributed by atoms with van der Waals surface area (Å²) in [6, 6.07) is 8.73. The molecule has 1 heterocycles. The van der Waals surface area contributed by atoms with E-state index in [1.807, 2.05) is 6.07 Å². The summed E-state index contributed by atoms with van der Waals surface area (Å²) in [7, 11) is 4.48. The normalized spacial score (nSPS) is 12.6. The molecule has 0 saturated heterocycles. The number of amides is 1. The number of carbonyl (C=O) groups is 2. The fourth-order valence-corrected chi connectivity index (χ4v) is 3.08. The molecular formula is C22H25NO8. The van der Waals surface area contributed by atoms with Crippen molar-refractivity contribution in [3.63, 3.8) is 0 Å². The van der Waals surface area contributed by atoms with E-state index in [1.54, 1.807) is 24.3 Å². The second kappa shape index (κ2) is 9.92. The van der Waals surface area contributed by atoms with Crippen LogP contribution in [0.4, 0.5) is 0 Å². The summed E-state index contributed by atoms with van der Waals surface area (Å²) in [6.45, 7) is 1.97. The molecule has 1 aliphatic heterocycles. The van der Waals surface area contributed by atoms with Gasteiger partial charge in [-0.05, 0) is 42.3 Å². The Hall–Kier alpha value is -3.62. The Morgan fingerprint density at radius 2 is 1.65 bits per heavy atom. The van der Waals surface area contributed by atoms with Crippen LogP contribution in [-0.4, -0.2) is 46.1 Å². The van der Waals surface area contributed by atoms with E-state index < -0.39 is 18.0 Å². The molecule has 9 heteroatoms. The number of ether oxygens (including phenoxy) is 6. The van der Waals surface area contributed by atoms with Gasteiger partial charge in [-0.15, -0.1) is 0 Å². The summed E-state index contributed by atoms with van der Waals surface area (Å²) in [5, 5.41) is 2.74. The molecule has 1 amide bonds. The Bertz CT molecular complexity index is 934. The number of rotatable bonds is 9. The minimum Gasteiger partial charge on any atom is -0.493 e. The van der Waals surface area contributed by atoms with Crippen LogP contribution < -0.4 is 29.0 Å². The van der Waals surface area contributed by atoms with Gasteiger partial charge in [-0.3, -0.25) is 9.59 Å². The smallest absolute Gasteiger partial charge is 0.311 e. The lowest BCUT2D eigenvalue weighted by atomic mass is 10.1. The maximum Gasteiger partial charge on any atom is 0.311 e. The number of hydrogen-bond acceptors (Lipinski definition) is 8. The molecule has 0 aliphatic carbocycles. The van der Waals surface area contributed by atoms with E-state index in [0.717, 1.165) is 5.56 Å². The predicted molar refractivity (Wildman–Crippen MR) is 110 cm³/mol. The molecule has 0 aromatic heterocycles. The fourth-order valence-electron chi connectivity index (χ4n) is 3.08. The number of hydrogen-bond donors (Lipinski definition) is 1. The Morgan fingerprint density at radius 3 is 2.29 bits per heavy atom. The second-order valence-corrected chi connectivity index (χ2v) is 6.75. The Morgan fingerprint density at radius 1 is 0.968 bits per heavy atom. The molecule has 1 unspecified atom stereocenters.